The van der Waals surface area contributed by atoms with Crippen LogP contribution in [0.3, 0.4) is 0 Å². The van der Waals surface area contributed by atoms with Crippen molar-refractivity contribution in [3.8, 4) is 0 Å². The summed E-state index contributed by atoms with van der Waals surface area (Å²) in [7, 11) is 0. The topological polar surface area (TPSA) is 37.4 Å². The van der Waals surface area contributed by atoms with Crippen molar-refractivity contribution in [3.05, 3.63) is 77.5 Å². The summed E-state index contributed by atoms with van der Waals surface area (Å²) in [5.41, 5.74) is 2.94. The Bertz CT molecular complexity index is 697. The molecule has 1 heterocycles. The van der Waals surface area contributed by atoms with Crippen LogP contribution in [0.1, 0.15) is 39.6 Å². The molecule has 3 heteroatoms. The Hall–Kier alpha value is -2.68. The minimum absolute atomic E-state index is 0.252. The Morgan fingerprint density at radius 2 is 1.43 bits per heavy atom. The van der Waals surface area contributed by atoms with Crippen molar-refractivity contribution in [1.29, 1.82) is 0 Å². The smallest absolute Gasteiger partial charge is 0.265 e. The minimum atomic E-state index is -0.252. The van der Waals surface area contributed by atoms with E-state index < -0.39 is 0 Å². The van der Waals surface area contributed by atoms with Crippen molar-refractivity contribution < 1.29 is 9.59 Å². The van der Waals surface area contributed by atoms with Crippen LogP contribution >= 0.6 is 0 Å². The number of fused-ring (bicyclic) bond motifs is 1. The highest BCUT2D eigenvalue weighted by Crippen LogP contribution is 2.26. The lowest BCUT2D eigenvalue weighted by Crippen LogP contribution is -2.24. The lowest BCUT2D eigenvalue weighted by molar-refractivity contribution is 0.0722. The van der Waals surface area contributed by atoms with Gasteiger partial charge in [0.1, 0.15) is 0 Å². The third-order valence-electron chi connectivity index (χ3n) is 3.64. The normalized spacial score (nSPS) is 14.5. The summed E-state index contributed by atoms with van der Waals surface area (Å²) in [5, 5.41) is 0. The van der Waals surface area contributed by atoms with Gasteiger partial charge < -0.3 is 0 Å². The van der Waals surface area contributed by atoms with E-state index in [-0.39, 0.29) is 11.8 Å². The monoisotopic (exact) mass is 277 g/mol. The van der Waals surface area contributed by atoms with E-state index in [9.17, 15) is 9.59 Å². The van der Waals surface area contributed by atoms with Crippen molar-refractivity contribution in [1.82, 2.24) is 4.90 Å². The third kappa shape index (κ3) is 2.27. The zero-order chi connectivity index (χ0) is 14.8. The molecule has 104 valence electrons. The summed E-state index contributed by atoms with van der Waals surface area (Å²) in [6.07, 6.45) is 2.41. The van der Waals surface area contributed by atoms with E-state index in [1.807, 2.05) is 37.3 Å². The van der Waals surface area contributed by atoms with E-state index in [0.717, 1.165) is 17.6 Å². The van der Waals surface area contributed by atoms with Crippen LogP contribution in [0, 0.1) is 0 Å². The Labute approximate surface area is 123 Å². The fourth-order valence-corrected chi connectivity index (χ4v) is 2.50. The Morgan fingerprint density at radius 3 is 1.95 bits per heavy atom. The van der Waals surface area contributed by atoms with Crippen LogP contribution in [0.5, 0.6) is 0 Å². The summed E-state index contributed by atoms with van der Waals surface area (Å²) >= 11 is 0. The second kappa shape index (κ2) is 5.37. The zero-order valence-corrected chi connectivity index (χ0v) is 11.7. The van der Waals surface area contributed by atoms with E-state index >= 15 is 0 Å². The molecule has 2 aromatic carbocycles. The molecule has 0 unspecified atom stereocenters. The number of rotatable bonds is 3. The molecule has 2 aromatic rings. The predicted octanol–water partition coefficient (Wildman–Crippen LogP) is 3.73. The Kier molecular flexibility index (Phi) is 3.40. The fraction of sp³-hybridized carbons (Fsp3) is 0.111. The van der Waals surface area contributed by atoms with Crippen LogP contribution in [-0.4, -0.2) is 16.7 Å². The molecule has 0 fully saturated rings. The Morgan fingerprint density at radius 1 is 0.905 bits per heavy atom. The molecule has 0 aliphatic carbocycles. The number of benzene rings is 2. The molecule has 3 nitrogen and oxygen atoms in total. The van der Waals surface area contributed by atoms with Crippen molar-refractivity contribution >= 4 is 17.4 Å². The van der Waals surface area contributed by atoms with E-state index in [4.69, 9.17) is 0 Å². The number of amides is 2. The van der Waals surface area contributed by atoms with Gasteiger partial charge >= 0.3 is 0 Å². The van der Waals surface area contributed by atoms with Gasteiger partial charge in [-0.25, -0.2) is 4.90 Å². The van der Waals surface area contributed by atoms with Gasteiger partial charge in [-0.15, -0.1) is 0 Å². The lowest BCUT2D eigenvalue weighted by Gasteiger charge is -2.12. The van der Waals surface area contributed by atoms with Crippen LogP contribution in [0.2, 0.25) is 0 Å². The zero-order valence-electron chi connectivity index (χ0n) is 11.7. The highest BCUT2D eigenvalue weighted by atomic mass is 16.2. The molecular weight excluding hydrogens is 262 g/mol. The van der Waals surface area contributed by atoms with E-state index in [1.54, 1.807) is 30.5 Å². The third-order valence-corrected chi connectivity index (χ3v) is 3.64. The van der Waals surface area contributed by atoms with Gasteiger partial charge in [-0.2, -0.15) is 0 Å². The van der Waals surface area contributed by atoms with Crippen molar-refractivity contribution in [3.63, 3.8) is 0 Å². The van der Waals surface area contributed by atoms with Gasteiger partial charge in [-0.3, -0.25) is 9.59 Å². The molecule has 21 heavy (non-hydrogen) atoms. The number of imide groups is 1. The quantitative estimate of drug-likeness (QED) is 0.802. The first-order valence-corrected chi connectivity index (χ1v) is 6.95. The number of carbonyl (C=O) groups is 2. The van der Waals surface area contributed by atoms with Crippen molar-refractivity contribution in [2.75, 3.05) is 0 Å². The van der Waals surface area contributed by atoms with E-state index in [1.165, 1.54) is 4.90 Å². The van der Waals surface area contributed by atoms with Crippen LogP contribution in [-0.2, 0) is 0 Å². The molecule has 0 radical (unpaired) electrons. The maximum atomic E-state index is 12.4. The van der Waals surface area contributed by atoms with Crippen LogP contribution < -0.4 is 0 Å². The Balaban J connectivity index is 2.01. The van der Waals surface area contributed by atoms with E-state index in [2.05, 4.69) is 0 Å². The molecule has 0 saturated carbocycles. The first-order chi connectivity index (χ1) is 10.2. The first kappa shape index (κ1) is 13.3. The van der Waals surface area contributed by atoms with Crippen molar-refractivity contribution in [2.24, 2.45) is 0 Å². The molecule has 0 atom stereocenters. The van der Waals surface area contributed by atoms with Crippen LogP contribution in [0.25, 0.3) is 5.57 Å². The molecular formula is C18H15NO2. The molecule has 0 bridgehead atoms. The number of nitrogens with zero attached hydrogens (tertiary/aromatic N) is 1. The van der Waals surface area contributed by atoms with Gasteiger partial charge in [-0.1, -0.05) is 49.4 Å². The molecule has 0 saturated heterocycles. The van der Waals surface area contributed by atoms with Gasteiger partial charge in [0.25, 0.3) is 11.8 Å². The molecule has 0 aromatic heterocycles. The number of hydrogen-bond donors (Lipinski definition) is 0. The number of hydrogen-bond acceptors (Lipinski definition) is 2. The summed E-state index contributed by atoms with van der Waals surface area (Å²) in [6, 6.07) is 16.7. The molecule has 3 rings (SSSR count). The van der Waals surface area contributed by atoms with Crippen LogP contribution in [0.4, 0.5) is 0 Å². The van der Waals surface area contributed by atoms with Crippen molar-refractivity contribution in [2.45, 2.75) is 13.3 Å². The van der Waals surface area contributed by atoms with Gasteiger partial charge in [0.05, 0.1) is 11.1 Å². The van der Waals surface area contributed by atoms with Crippen LogP contribution in [0.15, 0.2) is 60.8 Å². The maximum absolute atomic E-state index is 12.4. The summed E-state index contributed by atoms with van der Waals surface area (Å²) in [5.74, 6) is -0.505. The van der Waals surface area contributed by atoms with Gasteiger partial charge in [0, 0.05) is 6.20 Å². The lowest BCUT2D eigenvalue weighted by atomic mass is 10.0. The summed E-state index contributed by atoms with van der Waals surface area (Å²) in [4.78, 5) is 25.9. The van der Waals surface area contributed by atoms with Gasteiger partial charge in [0.2, 0.25) is 0 Å². The van der Waals surface area contributed by atoms with Gasteiger partial charge in [0.15, 0.2) is 0 Å². The highest BCUT2D eigenvalue weighted by Gasteiger charge is 2.34. The average Bonchev–Trinajstić information content (AvgIpc) is 2.78. The average molecular weight is 277 g/mol. The molecule has 1 aliphatic rings. The summed E-state index contributed by atoms with van der Waals surface area (Å²) < 4.78 is 0. The molecule has 2 amide bonds. The number of allylic oxidation sites excluding steroid dienone is 1. The molecule has 1 aliphatic heterocycles. The number of carbonyl (C=O) groups excluding carboxylic acids is 2. The molecule has 0 spiro atoms. The largest absolute Gasteiger partial charge is 0.268 e. The highest BCUT2D eigenvalue weighted by molar-refractivity contribution is 6.22. The maximum Gasteiger partial charge on any atom is 0.265 e. The minimum Gasteiger partial charge on any atom is -0.268 e. The standard InChI is InChI=1S/C18H15NO2/c1-2-13(14-8-4-3-5-9-14)12-19-17(20)15-10-6-7-11-16(15)18(19)21/h3-12H,2H2,1H3/b13-12-. The first-order valence-electron chi connectivity index (χ1n) is 6.95. The molecule has 0 N–H and O–H groups in total. The summed E-state index contributed by atoms with van der Waals surface area (Å²) in [6.45, 7) is 2.01. The SMILES string of the molecule is CC/C(=C/N1C(=O)c2ccccc2C1=O)c1ccccc1. The van der Waals surface area contributed by atoms with Gasteiger partial charge in [-0.05, 0) is 29.7 Å². The second-order valence-corrected chi connectivity index (χ2v) is 4.90. The second-order valence-electron chi connectivity index (χ2n) is 4.90. The predicted molar refractivity (Wildman–Crippen MR) is 81.7 cm³/mol. The van der Waals surface area contributed by atoms with E-state index in [0.29, 0.717) is 11.1 Å². The fourth-order valence-electron chi connectivity index (χ4n) is 2.50.